The van der Waals surface area contributed by atoms with Crippen LogP contribution in [0.1, 0.15) is 25.2 Å². The second kappa shape index (κ2) is 7.30. The molecular weight excluding hydrogens is 236 g/mol. The van der Waals surface area contributed by atoms with E-state index in [1.807, 2.05) is 19.1 Å². The van der Waals surface area contributed by atoms with Crippen LogP contribution in [0, 0.1) is 6.92 Å². The summed E-state index contributed by atoms with van der Waals surface area (Å²) in [5.74, 6) is 0.804. The summed E-state index contributed by atoms with van der Waals surface area (Å²) in [6, 6.07) is 4.31. The Morgan fingerprint density at radius 1 is 1.47 bits per heavy atom. The fourth-order valence-corrected chi connectivity index (χ4v) is 1.40. The summed E-state index contributed by atoms with van der Waals surface area (Å²) in [6.45, 7) is 7.35. The second-order valence-corrected chi connectivity index (χ2v) is 4.36. The van der Waals surface area contributed by atoms with Crippen LogP contribution in [0.5, 0.6) is 5.75 Å². The van der Waals surface area contributed by atoms with Crippen molar-refractivity contribution < 1.29 is 4.74 Å². The first-order valence-electron chi connectivity index (χ1n) is 5.71. The minimum absolute atomic E-state index is 0.424. The van der Waals surface area contributed by atoms with Crippen LogP contribution in [0.2, 0.25) is 0 Å². The molecule has 3 nitrogen and oxygen atoms in total. The van der Waals surface area contributed by atoms with Gasteiger partial charge in [-0.15, -0.1) is 0 Å². The molecule has 0 aliphatic carbocycles. The maximum atomic E-state index is 5.59. The maximum Gasteiger partial charge on any atom is 0.142 e. The van der Waals surface area contributed by atoms with E-state index in [-0.39, 0.29) is 0 Å². The van der Waals surface area contributed by atoms with E-state index in [1.54, 1.807) is 6.08 Å². The first-order chi connectivity index (χ1) is 8.13. The van der Waals surface area contributed by atoms with Crippen LogP contribution in [-0.4, -0.2) is 17.6 Å². The van der Waals surface area contributed by atoms with Crippen LogP contribution in [-0.2, 0) is 6.54 Å². The van der Waals surface area contributed by atoms with E-state index in [9.17, 15) is 0 Å². The highest BCUT2D eigenvalue weighted by Crippen LogP contribution is 2.17. The van der Waals surface area contributed by atoms with Crippen molar-refractivity contribution >= 4 is 11.6 Å². The predicted octanol–water partition coefficient (Wildman–Crippen LogP) is 3.02. The summed E-state index contributed by atoms with van der Waals surface area (Å²) in [5.41, 5.74) is 3.38. The number of aromatic nitrogens is 1. The molecule has 4 heteroatoms. The van der Waals surface area contributed by atoms with Crippen molar-refractivity contribution in [1.29, 1.82) is 0 Å². The monoisotopic (exact) mass is 254 g/mol. The number of hydrogen-bond acceptors (Lipinski definition) is 3. The van der Waals surface area contributed by atoms with Gasteiger partial charge in [0.25, 0.3) is 0 Å². The number of ether oxygens (including phenoxy) is 1. The van der Waals surface area contributed by atoms with Crippen molar-refractivity contribution in [2.24, 2.45) is 0 Å². The molecule has 0 saturated heterocycles. The molecule has 1 aromatic rings. The normalized spacial score (nSPS) is 11.4. The van der Waals surface area contributed by atoms with Crippen molar-refractivity contribution in [3.63, 3.8) is 0 Å². The first-order valence-corrected chi connectivity index (χ1v) is 6.15. The molecule has 0 amide bonds. The van der Waals surface area contributed by atoms with E-state index in [4.69, 9.17) is 16.3 Å². The number of nitrogens with one attached hydrogen (secondary N) is 1. The van der Waals surface area contributed by atoms with Gasteiger partial charge in [-0.3, -0.25) is 4.98 Å². The summed E-state index contributed by atoms with van der Waals surface area (Å²) in [4.78, 5) is 4.48. The zero-order valence-electron chi connectivity index (χ0n) is 10.5. The molecule has 0 aliphatic heterocycles. The topological polar surface area (TPSA) is 34.1 Å². The molecule has 0 spiro atoms. The fraction of sp³-hybridized carbons (Fsp3) is 0.462. The Balaban J connectivity index is 2.72. The summed E-state index contributed by atoms with van der Waals surface area (Å²) in [7, 11) is 0. The van der Waals surface area contributed by atoms with Crippen LogP contribution < -0.4 is 10.1 Å². The predicted molar refractivity (Wildman–Crippen MR) is 71.4 cm³/mol. The van der Waals surface area contributed by atoms with Gasteiger partial charge >= 0.3 is 0 Å². The van der Waals surface area contributed by atoms with Gasteiger partial charge in [0.05, 0.1) is 5.69 Å². The molecule has 0 atom stereocenters. The van der Waals surface area contributed by atoms with Crippen LogP contribution in [0.15, 0.2) is 23.7 Å². The molecule has 0 fully saturated rings. The van der Waals surface area contributed by atoms with E-state index in [0.29, 0.717) is 19.2 Å². The quantitative estimate of drug-likeness (QED) is 0.847. The Hall–Kier alpha value is -1.06. The van der Waals surface area contributed by atoms with Crippen molar-refractivity contribution in [3.8, 4) is 5.75 Å². The summed E-state index contributed by atoms with van der Waals surface area (Å²) in [5, 5.41) is 3.33. The van der Waals surface area contributed by atoms with Crippen LogP contribution in [0.25, 0.3) is 0 Å². The highest BCUT2D eigenvalue weighted by Gasteiger charge is 2.06. The molecule has 0 aromatic carbocycles. The van der Waals surface area contributed by atoms with Crippen molar-refractivity contribution in [3.05, 3.63) is 35.1 Å². The van der Waals surface area contributed by atoms with Gasteiger partial charge in [-0.2, -0.15) is 0 Å². The minimum atomic E-state index is 0.424. The van der Waals surface area contributed by atoms with Gasteiger partial charge in [-0.05, 0) is 25.1 Å². The molecule has 0 unspecified atom stereocenters. The van der Waals surface area contributed by atoms with Gasteiger partial charge in [0, 0.05) is 23.8 Å². The number of nitrogens with zero attached hydrogens (tertiary/aromatic N) is 1. The fourth-order valence-electron chi connectivity index (χ4n) is 1.33. The SMILES string of the molecule is Cc1ccc(OCC=CCl)c(CNC(C)C)n1. The summed E-state index contributed by atoms with van der Waals surface area (Å²) in [6.07, 6.45) is 1.75. The van der Waals surface area contributed by atoms with E-state index >= 15 is 0 Å². The molecule has 1 rings (SSSR count). The van der Waals surface area contributed by atoms with Gasteiger partial charge in [0.1, 0.15) is 12.4 Å². The molecule has 1 heterocycles. The van der Waals surface area contributed by atoms with E-state index in [0.717, 1.165) is 17.1 Å². The third-order valence-electron chi connectivity index (χ3n) is 2.17. The number of hydrogen-bond donors (Lipinski definition) is 1. The summed E-state index contributed by atoms with van der Waals surface area (Å²) < 4.78 is 5.59. The first kappa shape index (κ1) is 14.0. The van der Waals surface area contributed by atoms with Gasteiger partial charge in [0.2, 0.25) is 0 Å². The molecular formula is C13H19ClN2O. The lowest BCUT2D eigenvalue weighted by molar-refractivity contribution is 0.354. The molecule has 1 aromatic heterocycles. The Kier molecular flexibility index (Phi) is 6.01. The Bertz CT molecular complexity index is 378. The molecule has 0 radical (unpaired) electrons. The minimum Gasteiger partial charge on any atom is -0.488 e. The maximum absolute atomic E-state index is 5.59. The van der Waals surface area contributed by atoms with Gasteiger partial charge in [0.15, 0.2) is 0 Å². The van der Waals surface area contributed by atoms with Crippen molar-refractivity contribution in [2.45, 2.75) is 33.4 Å². The molecule has 1 N–H and O–H groups in total. The Labute approximate surface area is 108 Å². The van der Waals surface area contributed by atoms with Gasteiger partial charge in [-0.25, -0.2) is 0 Å². The number of halogens is 1. The lowest BCUT2D eigenvalue weighted by Gasteiger charge is -2.12. The zero-order chi connectivity index (χ0) is 12.7. The van der Waals surface area contributed by atoms with Crippen molar-refractivity contribution in [1.82, 2.24) is 10.3 Å². The Morgan fingerprint density at radius 2 is 2.24 bits per heavy atom. The average molecular weight is 255 g/mol. The Morgan fingerprint density at radius 3 is 2.88 bits per heavy atom. The van der Waals surface area contributed by atoms with E-state index < -0.39 is 0 Å². The van der Waals surface area contributed by atoms with Gasteiger partial charge < -0.3 is 10.1 Å². The van der Waals surface area contributed by atoms with E-state index in [2.05, 4.69) is 24.1 Å². The highest BCUT2D eigenvalue weighted by atomic mass is 35.5. The third-order valence-corrected chi connectivity index (χ3v) is 2.35. The zero-order valence-corrected chi connectivity index (χ0v) is 11.3. The van der Waals surface area contributed by atoms with Crippen LogP contribution >= 0.6 is 11.6 Å². The molecule has 0 saturated carbocycles. The molecule has 17 heavy (non-hydrogen) atoms. The molecule has 0 aliphatic rings. The smallest absolute Gasteiger partial charge is 0.142 e. The molecule has 0 bridgehead atoms. The van der Waals surface area contributed by atoms with Crippen LogP contribution in [0.4, 0.5) is 0 Å². The van der Waals surface area contributed by atoms with Crippen molar-refractivity contribution in [2.75, 3.05) is 6.61 Å². The third kappa shape index (κ3) is 5.20. The van der Waals surface area contributed by atoms with E-state index in [1.165, 1.54) is 5.54 Å². The highest BCUT2D eigenvalue weighted by molar-refractivity contribution is 6.25. The van der Waals surface area contributed by atoms with Crippen LogP contribution in [0.3, 0.4) is 0 Å². The number of aryl methyl sites for hydroxylation is 1. The number of rotatable bonds is 6. The second-order valence-electron chi connectivity index (χ2n) is 4.11. The number of pyridine rings is 1. The van der Waals surface area contributed by atoms with Gasteiger partial charge in [-0.1, -0.05) is 25.4 Å². The lowest BCUT2D eigenvalue weighted by Crippen LogP contribution is -2.23. The summed E-state index contributed by atoms with van der Waals surface area (Å²) >= 11 is 5.45. The molecule has 94 valence electrons. The largest absolute Gasteiger partial charge is 0.488 e. The lowest BCUT2D eigenvalue weighted by atomic mass is 10.2. The standard InChI is InChI=1S/C13H19ClN2O/c1-10(2)15-9-12-13(17-8-4-7-14)6-5-11(3)16-12/h4-7,10,15H,8-9H2,1-3H3. The average Bonchev–Trinajstić information content (AvgIpc) is 2.29.